The molecule has 4 nitrogen and oxygen atoms in total. The van der Waals surface area contributed by atoms with Gasteiger partial charge in [-0.2, -0.15) is 0 Å². The third kappa shape index (κ3) is 4.00. The normalized spacial score (nSPS) is 44.7. The van der Waals surface area contributed by atoms with Crippen LogP contribution < -0.4 is 0 Å². The van der Waals surface area contributed by atoms with Gasteiger partial charge in [0.2, 0.25) is 0 Å². The molecule has 0 aromatic rings. The number of ether oxygens (including phenoxy) is 1. The minimum Gasteiger partial charge on any atom is -0.459 e. The van der Waals surface area contributed by atoms with Gasteiger partial charge in [0.15, 0.2) is 0 Å². The summed E-state index contributed by atoms with van der Waals surface area (Å²) in [5, 5.41) is 12.0. The molecule has 4 heteroatoms. The third-order valence-electron chi connectivity index (χ3n) is 11.5. The molecule has 0 aromatic heterocycles. The molecule has 0 bridgehead atoms. The fraction of sp³-hybridized carbons (Fsp3) is 0.867. The predicted octanol–water partition coefficient (Wildman–Crippen LogP) is 6.50. The lowest BCUT2D eigenvalue weighted by Gasteiger charge is -2.65. The van der Waals surface area contributed by atoms with Crippen molar-refractivity contribution >= 4 is 11.8 Å². The zero-order valence-electron chi connectivity index (χ0n) is 22.5. The van der Waals surface area contributed by atoms with Gasteiger partial charge in [0.25, 0.3) is 0 Å². The summed E-state index contributed by atoms with van der Waals surface area (Å²) in [6, 6.07) is 0. The van der Waals surface area contributed by atoms with Crippen LogP contribution in [0.2, 0.25) is 0 Å². The van der Waals surface area contributed by atoms with E-state index >= 15 is 0 Å². The summed E-state index contributed by atoms with van der Waals surface area (Å²) in [5.74, 6) is 3.14. The summed E-state index contributed by atoms with van der Waals surface area (Å²) in [6.45, 7) is 17.4. The molecule has 4 aliphatic carbocycles. The molecule has 0 amide bonds. The maximum absolute atomic E-state index is 12.5. The summed E-state index contributed by atoms with van der Waals surface area (Å²) >= 11 is 0. The van der Waals surface area contributed by atoms with Gasteiger partial charge in [0.05, 0.1) is 0 Å². The van der Waals surface area contributed by atoms with Gasteiger partial charge in [-0.3, -0.25) is 9.59 Å². The quantitative estimate of drug-likeness (QED) is 0.354. The van der Waals surface area contributed by atoms with Gasteiger partial charge in [0.1, 0.15) is 17.5 Å². The second-order valence-corrected chi connectivity index (χ2v) is 13.3. The van der Waals surface area contributed by atoms with Gasteiger partial charge < -0.3 is 9.84 Å². The minimum atomic E-state index is -1.23. The number of fused-ring (bicyclic) bond motifs is 5. The summed E-state index contributed by atoms with van der Waals surface area (Å²) < 4.78 is 5.82. The van der Waals surface area contributed by atoms with Crippen molar-refractivity contribution in [2.75, 3.05) is 0 Å². The number of Topliss-reactive ketones (excluding diaryl/α,β-unsaturated/α-hetero) is 1. The van der Waals surface area contributed by atoms with E-state index in [4.69, 9.17) is 4.74 Å². The number of carbonyl (C=O) groups excluding carboxylic acids is 2. The lowest BCUT2D eigenvalue weighted by molar-refractivity contribution is -0.255. The Morgan fingerprint density at radius 3 is 2.50 bits per heavy atom. The average molecular weight is 473 g/mol. The van der Waals surface area contributed by atoms with Crippen LogP contribution in [-0.2, 0) is 14.3 Å². The Morgan fingerprint density at radius 1 is 1.15 bits per heavy atom. The highest BCUT2D eigenvalue weighted by molar-refractivity contribution is 5.81. The van der Waals surface area contributed by atoms with Crippen LogP contribution in [0.4, 0.5) is 0 Å². The van der Waals surface area contributed by atoms with Crippen LogP contribution in [0.1, 0.15) is 106 Å². The van der Waals surface area contributed by atoms with Gasteiger partial charge in [-0.05, 0) is 92.3 Å². The molecule has 0 aliphatic heterocycles. The maximum atomic E-state index is 12.5. The van der Waals surface area contributed by atoms with Gasteiger partial charge in [-0.15, -0.1) is 0 Å². The molecule has 9 unspecified atom stereocenters. The van der Waals surface area contributed by atoms with Crippen LogP contribution in [0.25, 0.3) is 0 Å². The van der Waals surface area contributed by atoms with Crippen LogP contribution in [0.15, 0.2) is 12.2 Å². The van der Waals surface area contributed by atoms with Crippen molar-refractivity contribution in [2.45, 2.75) is 117 Å². The molecule has 34 heavy (non-hydrogen) atoms. The minimum absolute atomic E-state index is 0.106. The van der Waals surface area contributed by atoms with Gasteiger partial charge >= 0.3 is 5.97 Å². The van der Waals surface area contributed by atoms with E-state index < -0.39 is 11.7 Å². The fourth-order valence-corrected chi connectivity index (χ4v) is 9.27. The SMILES string of the molecule is C=C(CCC(C)C1CCC2C3CC(OC(C)=O)C4(O)CC(=O)CCC4(C)C3CCC12C)C(C)C. The first kappa shape index (κ1) is 25.9. The molecule has 0 saturated heterocycles. The molecular weight excluding hydrogens is 424 g/mol. The molecule has 1 N–H and O–H groups in total. The number of hydrogen-bond donors (Lipinski definition) is 1. The molecule has 0 aromatic carbocycles. The van der Waals surface area contributed by atoms with Crippen molar-refractivity contribution in [2.24, 2.45) is 46.3 Å². The molecule has 9 atom stereocenters. The van der Waals surface area contributed by atoms with Crippen LogP contribution in [0.3, 0.4) is 0 Å². The Labute approximate surface area is 207 Å². The molecule has 4 aliphatic rings. The van der Waals surface area contributed by atoms with Crippen LogP contribution >= 0.6 is 0 Å². The van der Waals surface area contributed by atoms with E-state index in [0.29, 0.717) is 60.2 Å². The lowest BCUT2D eigenvalue weighted by Crippen LogP contribution is -2.69. The molecule has 0 heterocycles. The number of carbonyl (C=O) groups is 2. The summed E-state index contributed by atoms with van der Waals surface area (Å²) in [6.07, 6.45) is 8.67. The zero-order chi connectivity index (χ0) is 25.1. The molecule has 0 radical (unpaired) electrons. The first-order valence-electron chi connectivity index (χ1n) is 13.9. The molecule has 192 valence electrons. The number of rotatable bonds is 6. The van der Waals surface area contributed by atoms with Gasteiger partial charge in [-0.1, -0.05) is 46.8 Å². The zero-order valence-corrected chi connectivity index (χ0v) is 22.5. The topological polar surface area (TPSA) is 63.6 Å². The largest absolute Gasteiger partial charge is 0.459 e. The molecule has 4 saturated carbocycles. The average Bonchev–Trinajstić information content (AvgIpc) is 3.10. The Kier molecular flexibility index (Phi) is 6.90. The second kappa shape index (κ2) is 9.05. The highest BCUT2D eigenvalue weighted by Crippen LogP contribution is 2.69. The van der Waals surface area contributed by atoms with E-state index in [9.17, 15) is 14.7 Å². The Bertz CT molecular complexity index is 832. The standard InChI is InChI=1S/C30H48O4/c1-18(2)19(3)8-9-20(4)24-10-11-25-23-16-27(34-21(5)31)30(33)17-22(32)12-15-29(30,7)26(23)13-14-28(24,25)6/h18,20,23-27,33H,3,8-17H2,1-2,4-7H3. The second-order valence-electron chi connectivity index (χ2n) is 13.3. The van der Waals surface area contributed by atoms with Crippen molar-refractivity contribution < 1.29 is 19.4 Å². The van der Waals surface area contributed by atoms with Crippen molar-refractivity contribution in [3.05, 3.63) is 12.2 Å². The summed E-state index contributed by atoms with van der Waals surface area (Å²) in [4.78, 5) is 24.5. The number of aliphatic hydroxyl groups is 1. The smallest absolute Gasteiger partial charge is 0.303 e. The Balaban J connectivity index is 1.59. The number of esters is 1. The van der Waals surface area contributed by atoms with E-state index in [1.165, 1.54) is 38.2 Å². The third-order valence-corrected chi connectivity index (χ3v) is 11.5. The van der Waals surface area contributed by atoms with E-state index in [2.05, 4.69) is 41.2 Å². The first-order valence-corrected chi connectivity index (χ1v) is 13.9. The lowest BCUT2D eigenvalue weighted by atomic mass is 9.42. The molecule has 4 fully saturated rings. The van der Waals surface area contributed by atoms with Gasteiger partial charge in [0, 0.05) is 25.2 Å². The number of ketones is 1. The maximum Gasteiger partial charge on any atom is 0.303 e. The summed E-state index contributed by atoms with van der Waals surface area (Å²) in [5.41, 5.74) is 0.0671. The summed E-state index contributed by atoms with van der Waals surface area (Å²) in [7, 11) is 0. The number of hydrogen-bond acceptors (Lipinski definition) is 4. The highest BCUT2D eigenvalue weighted by atomic mass is 16.6. The van der Waals surface area contributed by atoms with E-state index in [-0.39, 0.29) is 23.6 Å². The van der Waals surface area contributed by atoms with Crippen molar-refractivity contribution in [1.82, 2.24) is 0 Å². The van der Waals surface area contributed by atoms with Crippen molar-refractivity contribution in [1.29, 1.82) is 0 Å². The Hall–Kier alpha value is -1.16. The van der Waals surface area contributed by atoms with Gasteiger partial charge in [-0.25, -0.2) is 0 Å². The Morgan fingerprint density at radius 2 is 1.85 bits per heavy atom. The van der Waals surface area contributed by atoms with Crippen LogP contribution in [-0.4, -0.2) is 28.6 Å². The van der Waals surface area contributed by atoms with E-state index in [0.717, 1.165) is 12.8 Å². The first-order chi connectivity index (χ1) is 15.8. The predicted molar refractivity (Wildman–Crippen MR) is 135 cm³/mol. The van der Waals surface area contributed by atoms with E-state index in [1.807, 2.05) is 0 Å². The van der Waals surface area contributed by atoms with Crippen molar-refractivity contribution in [3.63, 3.8) is 0 Å². The molecule has 4 rings (SSSR count). The molecular formula is C30H48O4. The van der Waals surface area contributed by atoms with Crippen molar-refractivity contribution in [3.8, 4) is 0 Å². The monoisotopic (exact) mass is 472 g/mol. The van der Waals surface area contributed by atoms with Crippen LogP contribution in [0, 0.1) is 46.3 Å². The van der Waals surface area contributed by atoms with E-state index in [1.54, 1.807) is 0 Å². The number of allylic oxidation sites excluding steroid dienone is 1. The highest BCUT2D eigenvalue weighted by Gasteiger charge is 2.68. The molecule has 0 spiro atoms. The van der Waals surface area contributed by atoms with Crippen LogP contribution in [0.5, 0.6) is 0 Å². The fourth-order valence-electron chi connectivity index (χ4n) is 9.27.